The number of hydrogen-bond donors (Lipinski definition) is 1. The van der Waals surface area contributed by atoms with E-state index in [1.54, 1.807) is 11.3 Å². The number of likely N-dealkylation sites (tertiary alicyclic amines) is 1. The van der Waals surface area contributed by atoms with Crippen LogP contribution >= 0.6 is 11.3 Å². The van der Waals surface area contributed by atoms with Crippen LogP contribution in [0, 0.1) is 6.92 Å². The van der Waals surface area contributed by atoms with E-state index in [0.29, 0.717) is 0 Å². The molecule has 0 bridgehead atoms. The van der Waals surface area contributed by atoms with Crippen LogP contribution in [0.15, 0.2) is 5.51 Å². The molecule has 0 amide bonds. The van der Waals surface area contributed by atoms with Crippen LogP contribution in [0.3, 0.4) is 0 Å². The highest BCUT2D eigenvalue weighted by Gasteiger charge is 2.29. The normalized spacial score (nSPS) is 21.4. The first-order valence-corrected chi connectivity index (χ1v) is 6.42. The molecule has 1 atom stereocenters. The van der Waals surface area contributed by atoms with E-state index >= 15 is 0 Å². The lowest BCUT2D eigenvalue weighted by atomic mass is 10.2. The molecular weight excluding hydrogens is 224 g/mol. The molecule has 1 N–H and O–H groups in total. The van der Waals surface area contributed by atoms with Crippen molar-refractivity contribution in [3.05, 3.63) is 16.1 Å². The van der Waals surface area contributed by atoms with Gasteiger partial charge in [0.15, 0.2) is 0 Å². The Balaban J connectivity index is 1.90. The minimum absolute atomic E-state index is 0.270. The Morgan fingerprint density at radius 1 is 1.75 bits per heavy atom. The molecule has 1 fully saturated rings. The van der Waals surface area contributed by atoms with Crippen molar-refractivity contribution >= 4 is 17.3 Å². The first-order valence-electron chi connectivity index (χ1n) is 5.54. The average molecular weight is 240 g/mol. The monoisotopic (exact) mass is 240 g/mol. The van der Waals surface area contributed by atoms with E-state index in [0.717, 1.165) is 38.0 Å². The highest BCUT2D eigenvalue weighted by Crippen LogP contribution is 2.19. The van der Waals surface area contributed by atoms with Gasteiger partial charge in [-0.3, -0.25) is 9.69 Å². The average Bonchev–Trinajstić information content (AvgIpc) is 2.83. The molecule has 88 valence electrons. The zero-order valence-electron chi connectivity index (χ0n) is 9.35. The molecule has 16 heavy (non-hydrogen) atoms. The van der Waals surface area contributed by atoms with Gasteiger partial charge in [0.1, 0.15) is 6.04 Å². The zero-order chi connectivity index (χ0) is 11.5. The van der Waals surface area contributed by atoms with E-state index in [1.807, 2.05) is 12.4 Å². The summed E-state index contributed by atoms with van der Waals surface area (Å²) in [5, 5.41) is 9.04. The van der Waals surface area contributed by atoms with Gasteiger partial charge in [-0.05, 0) is 32.7 Å². The van der Waals surface area contributed by atoms with E-state index in [9.17, 15) is 4.79 Å². The summed E-state index contributed by atoms with van der Waals surface area (Å²) in [6.45, 7) is 3.75. The molecule has 5 heteroatoms. The molecule has 1 aromatic heterocycles. The number of carboxylic acids is 1. The van der Waals surface area contributed by atoms with Crippen molar-refractivity contribution in [2.45, 2.75) is 32.2 Å². The molecule has 0 unspecified atom stereocenters. The third-order valence-electron chi connectivity index (χ3n) is 3.12. The summed E-state index contributed by atoms with van der Waals surface area (Å²) in [5.41, 5.74) is 2.93. The largest absolute Gasteiger partial charge is 0.480 e. The molecule has 0 radical (unpaired) electrons. The molecule has 1 aliphatic heterocycles. The van der Waals surface area contributed by atoms with Crippen LogP contribution in [0.2, 0.25) is 0 Å². The fraction of sp³-hybridized carbons (Fsp3) is 0.636. The van der Waals surface area contributed by atoms with Crippen molar-refractivity contribution in [3.63, 3.8) is 0 Å². The SMILES string of the molecule is Cc1ncsc1CCN1CCC[C@H]1C(=O)O. The van der Waals surface area contributed by atoms with Crippen molar-refractivity contribution in [1.82, 2.24) is 9.88 Å². The molecule has 2 heterocycles. The molecule has 2 rings (SSSR count). The predicted octanol–water partition coefficient (Wildman–Crippen LogP) is 1.54. The van der Waals surface area contributed by atoms with E-state index in [4.69, 9.17) is 5.11 Å². The zero-order valence-corrected chi connectivity index (χ0v) is 10.2. The van der Waals surface area contributed by atoms with Crippen LogP contribution in [0.4, 0.5) is 0 Å². The Kier molecular flexibility index (Phi) is 3.56. The Labute approximate surface area is 98.9 Å². The standard InChI is InChI=1S/C11H16N2O2S/c1-8-10(16-7-12-8)4-6-13-5-2-3-9(13)11(14)15/h7,9H,2-6H2,1H3,(H,14,15)/t9-/m0/s1. The van der Waals surface area contributed by atoms with E-state index < -0.39 is 5.97 Å². The predicted molar refractivity (Wildman–Crippen MR) is 62.8 cm³/mol. The van der Waals surface area contributed by atoms with Crippen molar-refractivity contribution in [1.29, 1.82) is 0 Å². The number of rotatable bonds is 4. The lowest BCUT2D eigenvalue weighted by Crippen LogP contribution is -2.37. The molecule has 1 aromatic rings. The van der Waals surface area contributed by atoms with Crippen molar-refractivity contribution in [2.75, 3.05) is 13.1 Å². The molecule has 0 spiro atoms. The maximum absolute atomic E-state index is 11.0. The second-order valence-corrected chi connectivity index (χ2v) is 5.08. The van der Waals surface area contributed by atoms with Gasteiger partial charge in [-0.1, -0.05) is 0 Å². The van der Waals surface area contributed by atoms with Gasteiger partial charge in [-0.2, -0.15) is 0 Å². The molecule has 0 saturated carbocycles. The number of carbonyl (C=O) groups is 1. The van der Waals surface area contributed by atoms with E-state index in [1.165, 1.54) is 4.88 Å². The van der Waals surface area contributed by atoms with Crippen LogP contribution < -0.4 is 0 Å². The minimum Gasteiger partial charge on any atom is -0.480 e. The number of thiazole rings is 1. The van der Waals surface area contributed by atoms with Crippen molar-refractivity contribution in [2.24, 2.45) is 0 Å². The van der Waals surface area contributed by atoms with E-state index in [-0.39, 0.29) is 6.04 Å². The third kappa shape index (κ3) is 2.41. The second kappa shape index (κ2) is 4.93. The number of nitrogens with zero attached hydrogens (tertiary/aromatic N) is 2. The highest BCUT2D eigenvalue weighted by molar-refractivity contribution is 7.09. The van der Waals surface area contributed by atoms with Crippen LogP contribution in [0.5, 0.6) is 0 Å². The third-order valence-corrected chi connectivity index (χ3v) is 4.11. The molecule has 1 aliphatic rings. The lowest BCUT2D eigenvalue weighted by molar-refractivity contribution is -0.142. The summed E-state index contributed by atoms with van der Waals surface area (Å²) in [6.07, 6.45) is 2.70. The van der Waals surface area contributed by atoms with Gasteiger partial charge >= 0.3 is 5.97 Å². The lowest BCUT2D eigenvalue weighted by Gasteiger charge is -2.20. The smallest absolute Gasteiger partial charge is 0.320 e. The minimum atomic E-state index is -0.682. The number of aryl methyl sites for hydroxylation is 1. The Hall–Kier alpha value is -0.940. The van der Waals surface area contributed by atoms with Crippen molar-refractivity contribution in [3.8, 4) is 0 Å². The molecule has 1 saturated heterocycles. The fourth-order valence-corrected chi connectivity index (χ4v) is 2.96. The van der Waals surface area contributed by atoms with E-state index in [2.05, 4.69) is 9.88 Å². The maximum atomic E-state index is 11.0. The highest BCUT2D eigenvalue weighted by atomic mass is 32.1. The second-order valence-electron chi connectivity index (χ2n) is 4.14. The molecule has 0 aliphatic carbocycles. The first-order chi connectivity index (χ1) is 7.68. The van der Waals surface area contributed by atoms with Gasteiger partial charge in [0, 0.05) is 11.4 Å². The maximum Gasteiger partial charge on any atom is 0.320 e. The summed E-state index contributed by atoms with van der Waals surface area (Å²) < 4.78 is 0. The number of carboxylic acid groups (broad SMARTS) is 1. The number of hydrogen-bond acceptors (Lipinski definition) is 4. The van der Waals surface area contributed by atoms with Crippen LogP contribution in [0.1, 0.15) is 23.4 Å². The summed E-state index contributed by atoms with van der Waals surface area (Å²) in [4.78, 5) is 18.5. The van der Waals surface area contributed by atoms with Gasteiger partial charge in [0.05, 0.1) is 11.2 Å². The Morgan fingerprint density at radius 3 is 3.19 bits per heavy atom. The molecular formula is C11H16N2O2S. The van der Waals surface area contributed by atoms with Crippen molar-refractivity contribution < 1.29 is 9.90 Å². The van der Waals surface area contributed by atoms with Crippen LogP contribution in [-0.2, 0) is 11.2 Å². The summed E-state index contributed by atoms with van der Waals surface area (Å²) in [6, 6.07) is -0.270. The summed E-state index contributed by atoms with van der Waals surface area (Å²) in [7, 11) is 0. The van der Waals surface area contributed by atoms with Crippen LogP contribution in [-0.4, -0.2) is 40.1 Å². The topological polar surface area (TPSA) is 53.4 Å². The number of aliphatic carboxylic acids is 1. The van der Waals surface area contributed by atoms with Crippen LogP contribution in [0.25, 0.3) is 0 Å². The van der Waals surface area contributed by atoms with Gasteiger partial charge in [0.25, 0.3) is 0 Å². The quantitative estimate of drug-likeness (QED) is 0.867. The number of aromatic nitrogens is 1. The van der Waals surface area contributed by atoms with Gasteiger partial charge in [0.2, 0.25) is 0 Å². The van der Waals surface area contributed by atoms with Gasteiger partial charge < -0.3 is 5.11 Å². The van der Waals surface area contributed by atoms with Gasteiger partial charge in [-0.25, -0.2) is 4.98 Å². The first kappa shape index (κ1) is 11.5. The molecule has 0 aromatic carbocycles. The molecule has 4 nitrogen and oxygen atoms in total. The summed E-state index contributed by atoms with van der Waals surface area (Å²) in [5.74, 6) is -0.682. The summed E-state index contributed by atoms with van der Waals surface area (Å²) >= 11 is 1.66. The van der Waals surface area contributed by atoms with Gasteiger partial charge in [-0.15, -0.1) is 11.3 Å². The Bertz CT molecular complexity index is 378. The fourth-order valence-electron chi connectivity index (χ4n) is 2.18. The Morgan fingerprint density at radius 2 is 2.56 bits per heavy atom.